The van der Waals surface area contributed by atoms with Crippen molar-refractivity contribution in [2.24, 2.45) is 0 Å². The van der Waals surface area contributed by atoms with Gasteiger partial charge in [-0.1, -0.05) is 0 Å². The molecule has 0 saturated heterocycles. The van der Waals surface area contributed by atoms with Crippen LogP contribution in [0.4, 0.5) is 4.79 Å². The van der Waals surface area contributed by atoms with Gasteiger partial charge < -0.3 is 14.8 Å². The van der Waals surface area contributed by atoms with E-state index in [4.69, 9.17) is 9.47 Å². The molecule has 0 aliphatic heterocycles. The van der Waals surface area contributed by atoms with Crippen molar-refractivity contribution >= 4 is 6.09 Å². The van der Waals surface area contributed by atoms with Crippen molar-refractivity contribution < 1.29 is 14.3 Å². The van der Waals surface area contributed by atoms with Crippen molar-refractivity contribution in [2.45, 2.75) is 45.3 Å². The maximum absolute atomic E-state index is 11.1. The van der Waals surface area contributed by atoms with E-state index in [1.165, 1.54) is 0 Å². The number of nitrogens with one attached hydrogen (secondary N) is 1. The Hall–Kier alpha value is -0.770. The summed E-state index contributed by atoms with van der Waals surface area (Å²) in [6.45, 7) is 6.61. The van der Waals surface area contributed by atoms with Crippen LogP contribution < -0.4 is 5.32 Å². The fraction of sp³-hybridized carbons (Fsp3) is 0.900. The summed E-state index contributed by atoms with van der Waals surface area (Å²) in [4.78, 5) is 11.1. The van der Waals surface area contributed by atoms with E-state index >= 15 is 0 Å². The lowest BCUT2D eigenvalue weighted by molar-refractivity contribution is 0.0493. The second kappa shape index (κ2) is 4.64. The first-order chi connectivity index (χ1) is 6.47. The van der Waals surface area contributed by atoms with Gasteiger partial charge in [0.1, 0.15) is 5.60 Å². The third-order valence-electron chi connectivity index (χ3n) is 1.65. The van der Waals surface area contributed by atoms with E-state index in [-0.39, 0.29) is 6.09 Å². The number of alkyl carbamates (subject to hydrolysis) is 1. The standard InChI is InChI=1S/C10H19NO3/c1-10(2,3)14-9(12)11-6-7-13-8-4-5-8/h8H,4-7H2,1-3H3,(H,11,12). The highest BCUT2D eigenvalue weighted by Gasteiger charge is 2.21. The Morgan fingerprint density at radius 3 is 2.57 bits per heavy atom. The number of hydrogen-bond donors (Lipinski definition) is 1. The van der Waals surface area contributed by atoms with Crippen LogP contribution >= 0.6 is 0 Å². The number of amides is 1. The molecular formula is C10H19NO3. The predicted molar refractivity (Wildman–Crippen MR) is 53.2 cm³/mol. The van der Waals surface area contributed by atoms with Crippen molar-refractivity contribution in [1.29, 1.82) is 0 Å². The Bertz CT molecular complexity index is 194. The zero-order valence-corrected chi connectivity index (χ0v) is 9.13. The normalized spacial score (nSPS) is 16.5. The molecule has 0 aromatic carbocycles. The highest BCUT2D eigenvalue weighted by atomic mass is 16.6. The van der Waals surface area contributed by atoms with E-state index in [0.29, 0.717) is 19.3 Å². The maximum Gasteiger partial charge on any atom is 0.407 e. The van der Waals surface area contributed by atoms with Crippen molar-refractivity contribution in [1.82, 2.24) is 5.32 Å². The molecule has 0 heterocycles. The minimum atomic E-state index is -0.429. The third kappa shape index (κ3) is 5.80. The first-order valence-electron chi connectivity index (χ1n) is 5.06. The molecule has 1 N–H and O–H groups in total. The smallest absolute Gasteiger partial charge is 0.407 e. The Morgan fingerprint density at radius 1 is 1.43 bits per heavy atom. The number of carbonyl (C=O) groups excluding carboxylic acids is 1. The highest BCUT2D eigenvalue weighted by Crippen LogP contribution is 2.22. The van der Waals surface area contributed by atoms with Gasteiger partial charge in [-0.2, -0.15) is 0 Å². The van der Waals surface area contributed by atoms with Gasteiger partial charge in [0.05, 0.1) is 12.7 Å². The molecule has 1 fully saturated rings. The minimum absolute atomic E-state index is 0.378. The summed E-state index contributed by atoms with van der Waals surface area (Å²) in [5.74, 6) is 0. The SMILES string of the molecule is CC(C)(C)OC(=O)NCCOC1CC1. The van der Waals surface area contributed by atoms with Crippen LogP contribution in [0.15, 0.2) is 0 Å². The van der Waals surface area contributed by atoms with Crippen LogP contribution in [-0.4, -0.2) is 30.9 Å². The lowest BCUT2D eigenvalue weighted by Crippen LogP contribution is -2.34. The summed E-state index contributed by atoms with van der Waals surface area (Å²) in [7, 11) is 0. The van der Waals surface area contributed by atoms with E-state index in [2.05, 4.69) is 5.32 Å². The second-order valence-electron chi connectivity index (χ2n) is 4.50. The van der Waals surface area contributed by atoms with Gasteiger partial charge in [0, 0.05) is 6.54 Å². The molecule has 0 atom stereocenters. The van der Waals surface area contributed by atoms with Gasteiger partial charge in [0.15, 0.2) is 0 Å². The quantitative estimate of drug-likeness (QED) is 0.704. The molecule has 1 aliphatic carbocycles. The average Bonchev–Trinajstić information content (AvgIpc) is 2.77. The van der Waals surface area contributed by atoms with E-state index < -0.39 is 5.60 Å². The highest BCUT2D eigenvalue weighted by molar-refractivity contribution is 5.67. The first-order valence-corrected chi connectivity index (χ1v) is 5.06. The Balaban J connectivity index is 1.96. The van der Waals surface area contributed by atoms with Gasteiger partial charge in [-0.3, -0.25) is 0 Å². The van der Waals surface area contributed by atoms with Crippen LogP contribution in [-0.2, 0) is 9.47 Å². The lowest BCUT2D eigenvalue weighted by atomic mass is 10.2. The number of carbonyl (C=O) groups is 1. The number of hydrogen-bond acceptors (Lipinski definition) is 3. The summed E-state index contributed by atoms with van der Waals surface area (Å²) in [6, 6.07) is 0. The van der Waals surface area contributed by atoms with Crippen LogP contribution in [0.5, 0.6) is 0 Å². The molecule has 0 radical (unpaired) electrons. The molecule has 1 amide bonds. The monoisotopic (exact) mass is 201 g/mol. The van der Waals surface area contributed by atoms with Crippen LogP contribution in [0.2, 0.25) is 0 Å². The van der Waals surface area contributed by atoms with Crippen molar-refractivity contribution in [3.8, 4) is 0 Å². The fourth-order valence-electron chi connectivity index (χ4n) is 0.928. The maximum atomic E-state index is 11.1. The van der Waals surface area contributed by atoms with E-state index in [1.54, 1.807) is 0 Å². The van der Waals surface area contributed by atoms with E-state index in [0.717, 1.165) is 12.8 Å². The first kappa shape index (κ1) is 11.3. The molecule has 0 unspecified atom stereocenters. The van der Waals surface area contributed by atoms with Crippen LogP contribution in [0.3, 0.4) is 0 Å². The summed E-state index contributed by atoms with van der Waals surface area (Å²) >= 11 is 0. The van der Waals surface area contributed by atoms with E-state index in [9.17, 15) is 4.79 Å². The summed E-state index contributed by atoms with van der Waals surface area (Å²) in [5.41, 5.74) is -0.429. The molecule has 82 valence electrons. The topological polar surface area (TPSA) is 47.6 Å². The van der Waals surface area contributed by atoms with Gasteiger partial charge in [0.25, 0.3) is 0 Å². The van der Waals surface area contributed by atoms with Crippen LogP contribution in [0, 0.1) is 0 Å². The fourth-order valence-corrected chi connectivity index (χ4v) is 0.928. The molecule has 1 aliphatic rings. The second-order valence-corrected chi connectivity index (χ2v) is 4.50. The van der Waals surface area contributed by atoms with Crippen molar-refractivity contribution in [2.75, 3.05) is 13.2 Å². The zero-order chi connectivity index (χ0) is 10.6. The summed E-state index contributed by atoms with van der Waals surface area (Å²) < 4.78 is 10.4. The molecule has 0 aromatic rings. The largest absolute Gasteiger partial charge is 0.444 e. The van der Waals surface area contributed by atoms with Gasteiger partial charge in [0.2, 0.25) is 0 Å². The summed E-state index contributed by atoms with van der Waals surface area (Å²) in [5, 5.41) is 2.64. The Labute approximate surface area is 85.0 Å². The van der Waals surface area contributed by atoms with Crippen molar-refractivity contribution in [3.63, 3.8) is 0 Å². The van der Waals surface area contributed by atoms with Crippen LogP contribution in [0.25, 0.3) is 0 Å². The predicted octanol–water partition coefficient (Wildman–Crippen LogP) is 1.69. The molecule has 0 bridgehead atoms. The van der Waals surface area contributed by atoms with Gasteiger partial charge in [-0.05, 0) is 33.6 Å². The summed E-state index contributed by atoms with van der Waals surface area (Å²) in [6.07, 6.45) is 2.38. The molecule has 0 aromatic heterocycles. The molecule has 4 heteroatoms. The third-order valence-corrected chi connectivity index (χ3v) is 1.65. The molecule has 1 saturated carbocycles. The molecular weight excluding hydrogens is 182 g/mol. The molecule has 14 heavy (non-hydrogen) atoms. The molecule has 0 spiro atoms. The molecule has 1 rings (SSSR count). The van der Waals surface area contributed by atoms with Gasteiger partial charge in [-0.15, -0.1) is 0 Å². The van der Waals surface area contributed by atoms with Gasteiger partial charge >= 0.3 is 6.09 Å². The number of rotatable bonds is 4. The van der Waals surface area contributed by atoms with Gasteiger partial charge in [-0.25, -0.2) is 4.79 Å². The van der Waals surface area contributed by atoms with Crippen molar-refractivity contribution in [3.05, 3.63) is 0 Å². The molecule has 4 nitrogen and oxygen atoms in total. The Morgan fingerprint density at radius 2 is 2.07 bits per heavy atom. The van der Waals surface area contributed by atoms with E-state index in [1.807, 2.05) is 20.8 Å². The number of ether oxygens (including phenoxy) is 2. The van der Waals surface area contributed by atoms with Crippen LogP contribution in [0.1, 0.15) is 33.6 Å². The zero-order valence-electron chi connectivity index (χ0n) is 9.13. The average molecular weight is 201 g/mol. The Kier molecular flexibility index (Phi) is 3.75. The minimum Gasteiger partial charge on any atom is -0.444 e. The lowest BCUT2D eigenvalue weighted by Gasteiger charge is -2.19.